The molecule has 0 fully saturated rings. The number of carbonyl (C=O) groups is 3. The average Bonchev–Trinajstić information content (AvgIpc) is 3.37. The summed E-state index contributed by atoms with van der Waals surface area (Å²) >= 11 is 2.10. The van der Waals surface area contributed by atoms with Gasteiger partial charge in [0.05, 0.1) is 30.7 Å². The van der Waals surface area contributed by atoms with Crippen molar-refractivity contribution in [2.45, 2.75) is 19.0 Å². The van der Waals surface area contributed by atoms with Crippen molar-refractivity contribution in [1.82, 2.24) is 20.2 Å². The number of nitrogens with zero attached hydrogens (tertiary/aromatic N) is 4. The van der Waals surface area contributed by atoms with E-state index in [0.29, 0.717) is 10.7 Å². The maximum atomic E-state index is 12.6. The molecule has 2 heterocycles. The topological polar surface area (TPSA) is 125 Å². The van der Waals surface area contributed by atoms with Gasteiger partial charge >= 0.3 is 11.9 Å². The lowest BCUT2D eigenvalue weighted by molar-refractivity contribution is -0.113. The van der Waals surface area contributed by atoms with Crippen LogP contribution in [0.5, 0.6) is 0 Å². The Morgan fingerprint density at radius 1 is 1.19 bits per heavy atom. The molecule has 0 saturated carbocycles. The van der Waals surface area contributed by atoms with Crippen molar-refractivity contribution in [3.05, 3.63) is 46.3 Å². The molecule has 1 N–H and O–H groups in total. The second-order valence-electron chi connectivity index (χ2n) is 6.02. The van der Waals surface area contributed by atoms with Gasteiger partial charge in [-0.25, -0.2) is 9.59 Å². The fourth-order valence-corrected chi connectivity index (χ4v) is 4.45. The zero-order valence-corrected chi connectivity index (χ0v) is 18.6. The van der Waals surface area contributed by atoms with Crippen LogP contribution in [0.1, 0.15) is 32.5 Å². The number of methoxy groups -OCH3 is 1. The third-order valence-electron chi connectivity index (χ3n) is 4.02. The number of thiophene rings is 1. The summed E-state index contributed by atoms with van der Waals surface area (Å²) in [6, 6.07) is 9.27. The zero-order chi connectivity index (χ0) is 22.4. The number of amides is 1. The van der Waals surface area contributed by atoms with Crippen LogP contribution in [0.15, 0.2) is 35.5 Å². The monoisotopic (exact) mass is 461 g/mol. The van der Waals surface area contributed by atoms with Crippen LogP contribution < -0.4 is 5.32 Å². The minimum atomic E-state index is -0.623. The molecule has 0 aliphatic rings. The van der Waals surface area contributed by atoms with Crippen molar-refractivity contribution in [2.24, 2.45) is 0 Å². The highest BCUT2D eigenvalue weighted by atomic mass is 32.2. The molecule has 0 spiro atoms. The predicted octanol–water partition coefficient (Wildman–Crippen LogP) is 2.73. The number of carbonyl (C=O) groups excluding carboxylic acids is 3. The number of tetrazole rings is 1. The molecule has 1 aromatic carbocycles. The fraction of sp³-hybridized carbons (Fsp3) is 0.263. The summed E-state index contributed by atoms with van der Waals surface area (Å²) in [5.74, 6) is -1.62. The second-order valence-corrected chi connectivity index (χ2v) is 7.98. The lowest BCUT2D eigenvalue weighted by Gasteiger charge is -2.07. The Hall–Kier alpha value is -3.25. The molecular formula is C19H19N5O5S2. The Bertz CT molecular complexity index is 1100. The van der Waals surface area contributed by atoms with E-state index in [1.165, 1.54) is 11.8 Å². The van der Waals surface area contributed by atoms with Gasteiger partial charge in [0.2, 0.25) is 11.1 Å². The summed E-state index contributed by atoms with van der Waals surface area (Å²) in [6.07, 6.45) is 0. The molecule has 10 nitrogen and oxygen atoms in total. The van der Waals surface area contributed by atoms with Gasteiger partial charge in [-0.3, -0.25) is 4.79 Å². The summed E-state index contributed by atoms with van der Waals surface area (Å²) in [6.45, 7) is 3.44. The number of aromatic nitrogens is 4. The fourth-order valence-electron chi connectivity index (χ4n) is 2.63. The summed E-state index contributed by atoms with van der Waals surface area (Å²) in [5.41, 5.74) is 1.29. The van der Waals surface area contributed by atoms with Crippen molar-refractivity contribution >= 4 is 45.9 Å². The zero-order valence-electron chi connectivity index (χ0n) is 16.9. The van der Waals surface area contributed by atoms with E-state index in [9.17, 15) is 14.4 Å². The maximum absolute atomic E-state index is 12.6. The number of ether oxygens (including phenoxy) is 2. The van der Waals surface area contributed by atoms with Crippen LogP contribution in [0.2, 0.25) is 0 Å². The lowest BCUT2D eigenvalue weighted by Crippen LogP contribution is -2.17. The van der Waals surface area contributed by atoms with Crippen molar-refractivity contribution in [3.63, 3.8) is 0 Å². The van der Waals surface area contributed by atoms with E-state index in [-0.39, 0.29) is 27.8 Å². The maximum Gasteiger partial charge on any atom is 0.348 e. The molecule has 0 atom stereocenters. The minimum absolute atomic E-state index is 0.0139. The van der Waals surface area contributed by atoms with Crippen LogP contribution >= 0.6 is 23.1 Å². The van der Waals surface area contributed by atoms with E-state index in [1.54, 1.807) is 13.8 Å². The average molecular weight is 462 g/mol. The van der Waals surface area contributed by atoms with Gasteiger partial charge in [-0.1, -0.05) is 30.0 Å². The standard InChI is InChI=1S/C19H19N5O5S2/c1-4-29-17(26)14-11(2)15(18(27)28-3)31-16(14)20-13(25)10-30-19-21-22-23-24(19)12-8-6-5-7-9-12/h5-9H,4,10H2,1-3H3,(H,20,25). The summed E-state index contributed by atoms with van der Waals surface area (Å²) in [5, 5.41) is 14.9. The number of benzene rings is 1. The van der Waals surface area contributed by atoms with Crippen molar-refractivity contribution < 1.29 is 23.9 Å². The number of nitrogens with one attached hydrogen (secondary N) is 1. The molecule has 0 aliphatic carbocycles. The number of thioether (sulfide) groups is 1. The van der Waals surface area contributed by atoms with Gasteiger partial charge in [-0.15, -0.1) is 16.4 Å². The molecule has 0 bridgehead atoms. The van der Waals surface area contributed by atoms with E-state index in [4.69, 9.17) is 9.47 Å². The Morgan fingerprint density at radius 3 is 2.61 bits per heavy atom. The van der Waals surface area contributed by atoms with Crippen LogP contribution in [0, 0.1) is 6.92 Å². The molecule has 0 aliphatic heterocycles. The minimum Gasteiger partial charge on any atom is -0.465 e. The number of anilines is 1. The van der Waals surface area contributed by atoms with Gasteiger partial charge in [0, 0.05) is 0 Å². The first-order valence-electron chi connectivity index (χ1n) is 9.11. The predicted molar refractivity (Wildman–Crippen MR) is 115 cm³/mol. The number of para-hydroxylation sites is 1. The van der Waals surface area contributed by atoms with Crippen molar-refractivity contribution in [2.75, 3.05) is 24.8 Å². The van der Waals surface area contributed by atoms with Gasteiger partial charge in [0.1, 0.15) is 9.88 Å². The molecule has 0 saturated heterocycles. The molecule has 2 aromatic heterocycles. The molecule has 3 aromatic rings. The Labute approximate surface area is 185 Å². The second kappa shape index (κ2) is 10.2. The lowest BCUT2D eigenvalue weighted by atomic mass is 10.1. The first kappa shape index (κ1) is 22.4. The van der Waals surface area contributed by atoms with E-state index in [1.807, 2.05) is 30.3 Å². The van der Waals surface area contributed by atoms with E-state index in [0.717, 1.165) is 28.8 Å². The molecule has 3 rings (SSSR count). The number of esters is 2. The van der Waals surface area contributed by atoms with Gasteiger partial charge in [-0.05, 0) is 42.0 Å². The summed E-state index contributed by atoms with van der Waals surface area (Å²) < 4.78 is 11.4. The van der Waals surface area contributed by atoms with E-state index >= 15 is 0 Å². The Morgan fingerprint density at radius 2 is 1.94 bits per heavy atom. The van der Waals surface area contributed by atoms with Gasteiger partial charge in [-0.2, -0.15) is 4.68 Å². The number of rotatable bonds is 8. The highest BCUT2D eigenvalue weighted by Gasteiger charge is 2.27. The van der Waals surface area contributed by atoms with Gasteiger partial charge < -0.3 is 14.8 Å². The van der Waals surface area contributed by atoms with Crippen LogP contribution in [0.3, 0.4) is 0 Å². The molecule has 0 radical (unpaired) electrons. The number of hydrogen-bond acceptors (Lipinski definition) is 10. The van der Waals surface area contributed by atoms with Gasteiger partial charge in [0.25, 0.3) is 0 Å². The number of hydrogen-bond donors (Lipinski definition) is 1. The molecule has 1 amide bonds. The largest absolute Gasteiger partial charge is 0.465 e. The molecular weight excluding hydrogens is 442 g/mol. The normalized spacial score (nSPS) is 10.5. The van der Waals surface area contributed by atoms with Crippen LogP contribution in [0.4, 0.5) is 5.00 Å². The highest BCUT2D eigenvalue weighted by Crippen LogP contribution is 2.34. The molecule has 31 heavy (non-hydrogen) atoms. The summed E-state index contributed by atoms with van der Waals surface area (Å²) in [4.78, 5) is 37.2. The summed E-state index contributed by atoms with van der Waals surface area (Å²) in [7, 11) is 1.25. The first-order valence-corrected chi connectivity index (χ1v) is 10.9. The van der Waals surface area contributed by atoms with Gasteiger partial charge in [0.15, 0.2) is 0 Å². The quantitative estimate of drug-likeness (QED) is 0.398. The molecule has 12 heteroatoms. The molecule has 162 valence electrons. The van der Waals surface area contributed by atoms with Crippen LogP contribution in [0.25, 0.3) is 5.69 Å². The van der Waals surface area contributed by atoms with E-state index in [2.05, 4.69) is 20.8 Å². The molecule has 0 unspecified atom stereocenters. The van der Waals surface area contributed by atoms with Crippen LogP contribution in [-0.4, -0.2) is 57.5 Å². The SMILES string of the molecule is CCOC(=O)c1c(NC(=O)CSc2nnnn2-c2ccccc2)sc(C(=O)OC)c1C. The van der Waals surface area contributed by atoms with Crippen molar-refractivity contribution in [1.29, 1.82) is 0 Å². The third kappa shape index (κ3) is 5.09. The van der Waals surface area contributed by atoms with E-state index < -0.39 is 17.8 Å². The Kier molecular flexibility index (Phi) is 7.36. The van der Waals surface area contributed by atoms with Crippen molar-refractivity contribution in [3.8, 4) is 5.69 Å². The first-order chi connectivity index (χ1) is 15.0. The third-order valence-corrected chi connectivity index (χ3v) is 6.13. The smallest absolute Gasteiger partial charge is 0.348 e. The highest BCUT2D eigenvalue weighted by molar-refractivity contribution is 7.99. The Balaban J connectivity index is 1.76. The van der Waals surface area contributed by atoms with Crippen LogP contribution in [-0.2, 0) is 14.3 Å².